The van der Waals surface area contributed by atoms with Gasteiger partial charge in [0, 0.05) is 36.7 Å². The van der Waals surface area contributed by atoms with E-state index in [0.29, 0.717) is 10.6 Å². The number of carbonyl (C=O) groups excluding carboxylic acids is 2. The first kappa shape index (κ1) is 19.3. The number of nitrogens with zero attached hydrogens (tertiary/aromatic N) is 2. The number of anilines is 2. The molecule has 0 radical (unpaired) electrons. The number of methoxy groups -OCH3 is 1. The number of benzene rings is 1. The van der Waals surface area contributed by atoms with Gasteiger partial charge in [-0.2, -0.15) is 0 Å². The van der Waals surface area contributed by atoms with Gasteiger partial charge in [-0.05, 0) is 37.3 Å². The zero-order valence-electron chi connectivity index (χ0n) is 15.3. The van der Waals surface area contributed by atoms with Crippen LogP contribution < -0.4 is 10.2 Å². The summed E-state index contributed by atoms with van der Waals surface area (Å²) in [5, 5.41) is 3.35. The van der Waals surface area contributed by atoms with Crippen molar-refractivity contribution in [3.05, 3.63) is 46.6 Å². The van der Waals surface area contributed by atoms with E-state index in [2.05, 4.69) is 15.1 Å². The van der Waals surface area contributed by atoms with Gasteiger partial charge in [-0.25, -0.2) is 9.18 Å². The minimum absolute atomic E-state index is 0.155. The quantitative estimate of drug-likeness (QED) is 0.794. The van der Waals surface area contributed by atoms with Crippen LogP contribution in [0.2, 0.25) is 0 Å². The second-order valence-corrected chi connectivity index (χ2v) is 7.64. The number of hydrogen-bond donors (Lipinski definition) is 1. The monoisotopic (exact) mass is 391 g/mol. The number of carbonyl (C=O) groups is 2. The summed E-state index contributed by atoms with van der Waals surface area (Å²) >= 11 is 1.36. The van der Waals surface area contributed by atoms with Gasteiger partial charge in [-0.1, -0.05) is 0 Å². The third kappa shape index (κ3) is 4.84. The summed E-state index contributed by atoms with van der Waals surface area (Å²) in [5.41, 5.74) is 1.37. The highest BCUT2D eigenvalue weighted by atomic mass is 32.1. The van der Waals surface area contributed by atoms with Crippen LogP contribution in [0.1, 0.15) is 15.2 Å². The summed E-state index contributed by atoms with van der Waals surface area (Å²) in [7, 11) is 1.32. The highest BCUT2D eigenvalue weighted by molar-refractivity contribution is 7.16. The van der Waals surface area contributed by atoms with Crippen LogP contribution in [-0.2, 0) is 9.53 Å². The van der Waals surface area contributed by atoms with Gasteiger partial charge in [0.25, 0.3) is 0 Å². The van der Waals surface area contributed by atoms with Crippen LogP contribution in [0.4, 0.5) is 15.1 Å². The second-order valence-electron chi connectivity index (χ2n) is 6.38. The van der Waals surface area contributed by atoms with Crippen molar-refractivity contribution in [3.63, 3.8) is 0 Å². The van der Waals surface area contributed by atoms with Gasteiger partial charge in [0.15, 0.2) is 0 Å². The van der Waals surface area contributed by atoms with Gasteiger partial charge < -0.3 is 15.0 Å². The number of halogens is 1. The van der Waals surface area contributed by atoms with E-state index in [4.69, 9.17) is 4.74 Å². The summed E-state index contributed by atoms with van der Waals surface area (Å²) in [6, 6.07) is 8.16. The van der Waals surface area contributed by atoms with Crippen LogP contribution in [0.5, 0.6) is 0 Å². The van der Waals surface area contributed by atoms with Crippen LogP contribution in [-0.4, -0.2) is 56.6 Å². The molecule has 0 aliphatic carbocycles. The number of thiophene rings is 1. The van der Waals surface area contributed by atoms with E-state index in [1.165, 1.54) is 30.6 Å². The molecule has 1 fully saturated rings. The number of hydrogen-bond acceptors (Lipinski definition) is 6. The highest BCUT2D eigenvalue weighted by Crippen LogP contribution is 2.28. The normalized spacial score (nSPS) is 14.9. The highest BCUT2D eigenvalue weighted by Gasteiger charge is 2.21. The maximum Gasteiger partial charge on any atom is 0.340 e. The maximum absolute atomic E-state index is 13.0. The maximum atomic E-state index is 13.0. The first-order valence-corrected chi connectivity index (χ1v) is 9.49. The standard InChI is InChI=1S/C19H22FN3O3S/c1-13-11-16(19(25)26-2)18(27-13)21-17(24)12-22-7-9-23(10-8-22)15-5-3-14(20)4-6-15/h3-6,11H,7-10,12H2,1-2H3,(H,21,24). The lowest BCUT2D eigenvalue weighted by Crippen LogP contribution is -2.48. The zero-order chi connectivity index (χ0) is 19.4. The smallest absolute Gasteiger partial charge is 0.340 e. The van der Waals surface area contributed by atoms with Crippen LogP contribution in [0, 0.1) is 12.7 Å². The van der Waals surface area contributed by atoms with E-state index in [9.17, 15) is 14.0 Å². The lowest BCUT2D eigenvalue weighted by Gasteiger charge is -2.35. The Morgan fingerprint density at radius 2 is 1.85 bits per heavy atom. The average molecular weight is 391 g/mol. The van der Waals surface area contributed by atoms with E-state index in [0.717, 1.165) is 36.7 Å². The topological polar surface area (TPSA) is 61.9 Å². The molecule has 0 bridgehead atoms. The molecule has 1 N–H and O–H groups in total. The van der Waals surface area contributed by atoms with Gasteiger partial charge in [-0.3, -0.25) is 9.69 Å². The Bertz CT molecular complexity index is 814. The summed E-state index contributed by atoms with van der Waals surface area (Å²) in [5.74, 6) is -0.857. The molecule has 0 unspecified atom stereocenters. The third-order valence-corrected chi connectivity index (χ3v) is 5.41. The van der Waals surface area contributed by atoms with Crippen molar-refractivity contribution in [1.82, 2.24) is 4.90 Å². The van der Waals surface area contributed by atoms with Crippen LogP contribution in [0.15, 0.2) is 30.3 Å². The van der Waals surface area contributed by atoms with Crippen LogP contribution >= 0.6 is 11.3 Å². The van der Waals surface area contributed by atoms with Crippen molar-refractivity contribution in [3.8, 4) is 0 Å². The molecule has 2 heterocycles. The molecule has 1 saturated heterocycles. The largest absolute Gasteiger partial charge is 0.465 e. The predicted octanol–water partition coefficient (Wildman–Crippen LogP) is 2.74. The Hall–Kier alpha value is -2.45. The van der Waals surface area contributed by atoms with Gasteiger partial charge in [0.05, 0.1) is 19.2 Å². The Labute approximate surface area is 161 Å². The molecule has 1 amide bonds. The molecule has 0 spiro atoms. The molecule has 6 nitrogen and oxygen atoms in total. The molecule has 0 saturated carbocycles. The molecule has 144 valence electrons. The number of ether oxygens (including phenoxy) is 1. The Morgan fingerprint density at radius 1 is 1.19 bits per heavy atom. The van der Waals surface area contributed by atoms with Crippen molar-refractivity contribution in [2.75, 3.05) is 50.1 Å². The van der Waals surface area contributed by atoms with Gasteiger partial charge in [-0.15, -0.1) is 11.3 Å². The Kier molecular flexibility index (Phi) is 6.08. The van der Waals surface area contributed by atoms with E-state index in [1.54, 1.807) is 18.2 Å². The molecular formula is C19H22FN3O3S. The summed E-state index contributed by atoms with van der Waals surface area (Å²) in [6.45, 7) is 5.14. The Morgan fingerprint density at radius 3 is 2.48 bits per heavy atom. The number of piperazine rings is 1. The minimum Gasteiger partial charge on any atom is -0.465 e. The molecule has 1 aliphatic rings. The average Bonchev–Trinajstić information content (AvgIpc) is 3.02. The molecule has 2 aromatic rings. The number of rotatable bonds is 5. The summed E-state index contributed by atoms with van der Waals surface area (Å²) in [6.07, 6.45) is 0. The predicted molar refractivity (Wildman–Crippen MR) is 104 cm³/mol. The molecule has 1 aromatic carbocycles. The fourth-order valence-electron chi connectivity index (χ4n) is 3.05. The van der Waals surface area contributed by atoms with Crippen LogP contribution in [0.3, 0.4) is 0 Å². The molecule has 27 heavy (non-hydrogen) atoms. The molecule has 1 aromatic heterocycles. The molecule has 3 rings (SSSR count). The van der Waals surface area contributed by atoms with Crippen molar-refractivity contribution >= 4 is 33.9 Å². The number of aryl methyl sites for hydroxylation is 1. The lowest BCUT2D eigenvalue weighted by molar-refractivity contribution is -0.117. The molecular weight excluding hydrogens is 369 g/mol. The molecule has 1 aliphatic heterocycles. The fraction of sp³-hybridized carbons (Fsp3) is 0.368. The first-order chi connectivity index (χ1) is 13.0. The molecule has 0 atom stereocenters. The van der Waals surface area contributed by atoms with Crippen molar-refractivity contribution in [2.45, 2.75) is 6.92 Å². The van der Waals surface area contributed by atoms with Crippen LogP contribution in [0.25, 0.3) is 0 Å². The first-order valence-electron chi connectivity index (χ1n) is 8.67. The van der Waals surface area contributed by atoms with Gasteiger partial charge in [0.1, 0.15) is 10.8 Å². The zero-order valence-corrected chi connectivity index (χ0v) is 16.1. The Balaban J connectivity index is 1.53. The van der Waals surface area contributed by atoms with Crippen molar-refractivity contribution in [1.29, 1.82) is 0 Å². The van der Waals surface area contributed by atoms with Crippen molar-refractivity contribution < 1.29 is 18.7 Å². The number of nitrogens with one attached hydrogen (secondary N) is 1. The van der Waals surface area contributed by atoms with Crippen molar-refractivity contribution in [2.24, 2.45) is 0 Å². The minimum atomic E-state index is -0.456. The summed E-state index contributed by atoms with van der Waals surface area (Å²) < 4.78 is 17.8. The third-order valence-electron chi connectivity index (χ3n) is 4.44. The van der Waals surface area contributed by atoms with Gasteiger partial charge in [0.2, 0.25) is 5.91 Å². The number of esters is 1. The van der Waals surface area contributed by atoms with E-state index >= 15 is 0 Å². The summed E-state index contributed by atoms with van der Waals surface area (Å²) in [4.78, 5) is 29.4. The van der Waals surface area contributed by atoms with E-state index < -0.39 is 5.97 Å². The van der Waals surface area contributed by atoms with E-state index in [-0.39, 0.29) is 18.3 Å². The molecule has 8 heteroatoms. The SMILES string of the molecule is COC(=O)c1cc(C)sc1NC(=O)CN1CCN(c2ccc(F)cc2)CC1. The lowest BCUT2D eigenvalue weighted by atomic mass is 10.2. The van der Waals surface area contributed by atoms with E-state index in [1.807, 2.05) is 6.92 Å². The fourth-order valence-corrected chi connectivity index (χ4v) is 3.97. The van der Waals surface area contributed by atoms with Gasteiger partial charge >= 0.3 is 5.97 Å². The second kappa shape index (κ2) is 8.49. The number of amides is 1.